The van der Waals surface area contributed by atoms with E-state index in [2.05, 4.69) is 15.6 Å². The molecular weight excluding hydrogens is 326 g/mol. The number of aryl methyl sites for hydroxylation is 2. The zero-order valence-corrected chi connectivity index (χ0v) is 15.3. The van der Waals surface area contributed by atoms with Crippen LogP contribution >= 0.6 is 0 Å². The molecule has 26 heavy (non-hydrogen) atoms. The minimum atomic E-state index is -0.319. The molecule has 5 heteroatoms. The lowest BCUT2D eigenvalue weighted by atomic mass is 9.95. The third-order valence-corrected chi connectivity index (χ3v) is 4.96. The Balaban J connectivity index is 1.68. The zero-order chi connectivity index (χ0) is 18.5. The number of anilines is 1. The predicted molar refractivity (Wildman–Crippen MR) is 102 cm³/mol. The van der Waals surface area contributed by atoms with Crippen molar-refractivity contribution in [1.29, 1.82) is 0 Å². The van der Waals surface area contributed by atoms with Crippen LogP contribution < -0.4 is 10.6 Å². The van der Waals surface area contributed by atoms with Gasteiger partial charge in [-0.1, -0.05) is 25.3 Å². The van der Waals surface area contributed by atoms with Crippen molar-refractivity contribution in [2.45, 2.75) is 52.0 Å². The molecule has 1 heterocycles. The number of aromatic nitrogens is 1. The van der Waals surface area contributed by atoms with Gasteiger partial charge in [-0.15, -0.1) is 0 Å². The van der Waals surface area contributed by atoms with Gasteiger partial charge in [-0.2, -0.15) is 0 Å². The van der Waals surface area contributed by atoms with Crippen LogP contribution in [-0.4, -0.2) is 22.8 Å². The minimum Gasteiger partial charge on any atom is -0.349 e. The predicted octanol–water partition coefficient (Wildman–Crippen LogP) is 4.01. The molecule has 2 aromatic rings. The molecule has 1 fully saturated rings. The van der Waals surface area contributed by atoms with Crippen LogP contribution in [0, 0.1) is 13.8 Å². The van der Waals surface area contributed by atoms with E-state index in [4.69, 9.17) is 0 Å². The lowest BCUT2D eigenvalue weighted by Crippen LogP contribution is -2.36. The molecule has 0 spiro atoms. The van der Waals surface area contributed by atoms with E-state index in [-0.39, 0.29) is 23.6 Å². The number of carbonyl (C=O) groups excluding carboxylic acids is 2. The number of carbonyl (C=O) groups is 2. The van der Waals surface area contributed by atoms with Gasteiger partial charge in [0, 0.05) is 23.5 Å². The first kappa shape index (κ1) is 18.1. The van der Waals surface area contributed by atoms with Crippen molar-refractivity contribution in [2.24, 2.45) is 0 Å². The second-order valence-corrected chi connectivity index (χ2v) is 6.99. The van der Waals surface area contributed by atoms with Gasteiger partial charge < -0.3 is 10.6 Å². The van der Waals surface area contributed by atoms with Gasteiger partial charge in [0.15, 0.2) is 0 Å². The van der Waals surface area contributed by atoms with Crippen molar-refractivity contribution >= 4 is 17.5 Å². The molecule has 2 amide bonds. The van der Waals surface area contributed by atoms with Gasteiger partial charge in [-0.3, -0.25) is 14.6 Å². The molecule has 0 unspecified atom stereocenters. The average molecular weight is 351 g/mol. The lowest BCUT2D eigenvalue weighted by molar-refractivity contribution is 0.0927. The molecule has 0 saturated heterocycles. The number of pyridine rings is 1. The average Bonchev–Trinajstić information content (AvgIpc) is 2.65. The van der Waals surface area contributed by atoms with Gasteiger partial charge in [0.2, 0.25) is 0 Å². The summed E-state index contributed by atoms with van der Waals surface area (Å²) in [6.07, 6.45) is 7.11. The molecule has 1 saturated carbocycles. The van der Waals surface area contributed by atoms with Crippen molar-refractivity contribution < 1.29 is 9.59 Å². The second kappa shape index (κ2) is 8.13. The maximum atomic E-state index is 12.5. The van der Waals surface area contributed by atoms with Crippen molar-refractivity contribution in [1.82, 2.24) is 10.3 Å². The summed E-state index contributed by atoms with van der Waals surface area (Å²) >= 11 is 0. The highest BCUT2D eigenvalue weighted by Crippen LogP contribution is 2.18. The van der Waals surface area contributed by atoms with E-state index >= 15 is 0 Å². The van der Waals surface area contributed by atoms with E-state index in [0.717, 1.165) is 36.9 Å². The first-order valence-electron chi connectivity index (χ1n) is 9.18. The molecule has 0 radical (unpaired) electrons. The zero-order valence-electron chi connectivity index (χ0n) is 15.3. The topological polar surface area (TPSA) is 71.1 Å². The van der Waals surface area contributed by atoms with Crippen LogP contribution in [0.1, 0.15) is 64.1 Å². The minimum absolute atomic E-state index is 0.139. The number of nitrogens with zero attached hydrogens (tertiary/aromatic N) is 1. The number of benzene rings is 1. The summed E-state index contributed by atoms with van der Waals surface area (Å²) in [7, 11) is 0. The summed E-state index contributed by atoms with van der Waals surface area (Å²) in [6.45, 7) is 4.02. The highest BCUT2D eigenvalue weighted by molar-refractivity contribution is 6.04. The highest BCUT2D eigenvalue weighted by Gasteiger charge is 2.18. The number of rotatable bonds is 4. The van der Waals surface area contributed by atoms with Crippen LogP contribution in [0.15, 0.2) is 36.5 Å². The summed E-state index contributed by atoms with van der Waals surface area (Å²) < 4.78 is 0. The Bertz CT molecular complexity index is 811. The van der Waals surface area contributed by atoms with Crippen LogP contribution in [0.5, 0.6) is 0 Å². The second-order valence-electron chi connectivity index (χ2n) is 6.99. The van der Waals surface area contributed by atoms with Crippen molar-refractivity contribution in [3.63, 3.8) is 0 Å². The molecule has 1 aromatic carbocycles. The first-order chi connectivity index (χ1) is 12.5. The molecule has 1 aromatic heterocycles. The molecular formula is C21H25N3O2. The Morgan fingerprint density at radius 1 is 0.962 bits per heavy atom. The van der Waals surface area contributed by atoms with Gasteiger partial charge >= 0.3 is 0 Å². The number of amides is 2. The van der Waals surface area contributed by atoms with Gasteiger partial charge in [0.1, 0.15) is 5.69 Å². The smallest absolute Gasteiger partial charge is 0.274 e. The van der Waals surface area contributed by atoms with Crippen LogP contribution in [0.2, 0.25) is 0 Å². The van der Waals surface area contributed by atoms with Crippen LogP contribution in [0.4, 0.5) is 5.69 Å². The van der Waals surface area contributed by atoms with E-state index < -0.39 is 0 Å². The van der Waals surface area contributed by atoms with E-state index in [1.807, 2.05) is 32.0 Å². The van der Waals surface area contributed by atoms with E-state index in [9.17, 15) is 9.59 Å². The Labute approximate surface area is 154 Å². The number of nitrogens with one attached hydrogen (secondary N) is 2. The molecule has 1 aliphatic carbocycles. The Morgan fingerprint density at radius 2 is 1.73 bits per heavy atom. The maximum absolute atomic E-state index is 12.5. The molecule has 1 aliphatic rings. The van der Waals surface area contributed by atoms with E-state index in [0.29, 0.717) is 5.56 Å². The van der Waals surface area contributed by atoms with Crippen LogP contribution in [0.3, 0.4) is 0 Å². The quantitative estimate of drug-likeness (QED) is 0.874. The van der Waals surface area contributed by atoms with E-state index in [1.165, 1.54) is 18.2 Å². The highest BCUT2D eigenvalue weighted by atomic mass is 16.2. The fourth-order valence-corrected chi connectivity index (χ4v) is 3.23. The van der Waals surface area contributed by atoms with Gasteiger partial charge in [-0.05, 0) is 62.1 Å². The third-order valence-electron chi connectivity index (χ3n) is 4.96. The van der Waals surface area contributed by atoms with Crippen molar-refractivity contribution in [2.75, 3.05) is 5.32 Å². The summed E-state index contributed by atoms with van der Waals surface area (Å²) in [5, 5.41) is 5.91. The SMILES string of the molecule is Cc1ccc(NC(=O)c2cc(C(=O)NC3CCCCC3)ccn2)cc1C. The molecule has 0 bridgehead atoms. The van der Waals surface area contributed by atoms with Crippen molar-refractivity contribution in [3.05, 3.63) is 58.9 Å². The molecule has 3 rings (SSSR count). The summed E-state index contributed by atoms with van der Waals surface area (Å²) in [4.78, 5) is 29.0. The Morgan fingerprint density at radius 3 is 2.46 bits per heavy atom. The fourth-order valence-electron chi connectivity index (χ4n) is 3.23. The fraction of sp³-hybridized carbons (Fsp3) is 0.381. The van der Waals surface area contributed by atoms with Gasteiger partial charge in [0.25, 0.3) is 11.8 Å². The van der Waals surface area contributed by atoms with Gasteiger partial charge in [-0.25, -0.2) is 0 Å². The molecule has 5 nitrogen and oxygen atoms in total. The summed E-state index contributed by atoms with van der Waals surface area (Å²) in [5.41, 5.74) is 3.70. The number of hydrogen-bond donors (Lipinski definition) is 2. The third kappa shape index (κ3) is 4.48. The Kier molecular flexibility index (Phi) is 5.66. The van der Waals surface area contributed by atoms with Crippen LogP contribution in [0.25, 0.3) is 0 Å². The lowest BCUT2D eigenvalue weighted by Gasteiger charge is -2.22. The molecule has 136 valence electrons. The summed E-state index contributed by atoms with van der Waals surface area (Å²) in [5.74, 6) is -0.458. The molecule has 0 atom stereocenters. The van der Waals surface area contributed by atoms with Gasteiger partial charge in [0.05, 0.1) is 0 Å². The Hall–Kier alpha value is -2.69. The normalized spacial score (nSPS) is 14.7. The maximum Gasteiger partial charge on any atom is 0.274 e. The monoisotopic (exact) mass is 351 g/mol. The first-order valence-corrected chi connectivity index (χ1v) is 9.18. The number of hydrogen-bond acceptors (Lipinski definition) is 3. The molecule has 0 aliphatic heterocycles. The van der Waals surface area contributed by atoms with Crippen LogP contribution in [-0.2, 0) is 0 Å². The van der Waals surface area contributed by atoms with E-state index in [1.54, 1.807) is 12.1 Å². The molecule has 2 N–H and O–H groups in total. The standard InChI is InChI=1S/C21H25N3O2/c1-14-8-9-18(12-15(14)2)24-21(26)19-13-16(10-11-22-19)20(25)23-17-6-4-3-5-7-17/h8-13,17H,3-7H2,1-2H3,(H,23,25)(H,24,26). The largest absolute Gasteiger partial charge is 0.349 e. The van der Waals surface area contributed by atoms with Crippen molar-refractivity contribution in [3.8, 4) is 0 Å². The summed E-state index contributed by atoms with van der Waals surface area (Å²) in [6, 6.07) is 9.18.